The Morgan fingerprint density at radius 1 is 1.25 bits per heavy atom. The fourth-order valence-electron chi connectivity index (χ4n) is 1.59. The largest absolute Gasteiger partial charge is 0.372 e. The lowest BCUT2D eigenvalue weighted by molar-refractivity contribution is 0.0951. The molecule has 7 heteroatoms. The highest BCUT2D eigenvalue weighted by Gasteiger charge is 2.12. The number of aryl methyl sites for hydroxylation is 1. The van der Waals surface area contributed by atoms with Crippen molar-refractivity contribution in [1.82, 2.24) is 20.3 Å². The molecule has 20 heavy (non-hydrogen) atoms. The van der Waals surface area contributed by atoms with Crippen LogP contribution in [0.15, 0.2) is 29.1 Å². The van der Waals surface area contributed by atoms with Gasteiger partial charge in [0.05, 0.1) is 29.7 Å². The average Bonchev–Trinajstić information content (AvgIpc) is 2.46. The third kappa shape index (κ3) is 3.51. The maximum Gasteiger partial charge on any atom is 0.255 e. The minimum atomic E-state index is -0.217. The molecule has 0 atom stereocenters. The highest BCUT2D eigenvalue weighted by atomic mass is 79.9. The topological polar surface area (TPSA) is 79.8 Å². The van der Waals surface area contributed by atoms with Crippen LogP contribution in [0.4, 0.5) is 5.82 Å². The van der Waals surface area contributed by atoms with Gasteiger partial charge in [0.2, 0.25) is 0 Å². The van der Waals surface area contributed by atoms with Gasteiger partial charge in [-0.15, -0.1) is 0 Å². The molecule has 2 rings (SSSR count). The Hall–Kier alpha value is -2.02. The Morgan fingerprint density at radius 2 is 2.05 bits per heavy atom. The van der Waals surface area contributed by atoms with E-state index in [-0.39, 0.29) is 5.91 Å². The molecule has 0 aliphatic carbocycles. The predicted molar refractivity (Wildman–Crippen MR) is 79.4 cm³/mol. The number of carbonyl (C=O) groups excluding carboxylic acids is 1. The van der Waals surface area contributed by atoms with Crippen LogP contribution in [0.3, 0.4) is 0 Å². The summed E-state index contributed by atoms with van der Waals surface area (Å²) in [7, 11) is 1.72. The number of nitrogens with one attached hydrogen (secondary N) is 2. The molecule has 1 amide bonds. The van der Waals surface area contributed by atoms with E-state index in [1.807, 2.05) is 6.92 Å². The fourth-order valence-corrected chi connectivity index (χ4v) is 1.92. The van der Waals surface area contributed by atoms with Gasteiger partial charge < -0.3 is 10.6 Å². The SMILES string of the molecule is CNc1ncc(Br)cc1C(=O)NCc1cnc(C)cn1. The maximum absolute atomic E-state index is 12.2. The molecule has 0 aliphatic rings. The van der Waals surface area contributed by atoms with Gasteiger partial charge >= 0.3 is 0 Å². The molecule has 0 saturated carbocycles. The Morgan fingerprint density at radius 3 is 2.70 bits per heavy atom. The van der Waals surface area contributed by atoms with Gasteiger partial charge in [-0.25, -0.2) is 4.98 Å². The molecule has 2 heterocycles. The number of hydrogen-bond acceptors (Lipinski definition) is 5. The molecule has 0 aliphatic heterocycles. The number of halogens is 1. The first-order valence-corrected chi connectivity index (χ1v) is 6.78. The molecule has 0 aromatic carbocycles. The highest BCUT2D eigenvalue weighted by molar-refractivity contribution is 9.10. The molecule has 0 saturated heterocycles. The van der Waals surface area contributed by atoms with E-state index in [1.165, 1.54) is 0 Å². The van der Waals surface area contributed by atoms with Crippen LogP contribution < -0.4 is 10.6 Å². The van der Waals surface area contributed by atoms with Gasteiger partial charge in [0.25, 0.3) is 5.91 Å². The van der Waals surface area contributed by atoms with Gasteiger partial charge in [-0.05, 0) is 28.9 Å². The summed E-state index contributed by atoms with van der Waals surface area (Å²) in [5, 5.41) is 5.68. The number of aromatic nitrogens is 3. The number of nitrogens with zero attached hydrogens (tertiary/aromatic N) is 3. The number of hydrogen-bond donors (Lipinski definition) is 2. The second-order valence-corrected chi connectivity index (χ2v) is 5.05. The van der Waals surface area contributed by atoms with E-state index in [1.54, 1.807) is 31.7 Å². The molecular formula is C13H14BrN5O. The van der Waals surface area contributed by atoms with Crippen molar-refractivity contribution in [3.63, 3.8) is 0 Å². The van der Waals surface area contributed by atoms with Gasteiger partial charge in [0.1, 0.15) is 5.82 Å². The maximum atomic E-state index is 12.2. The summed E-state index contributed by atoms with van der Waals surface area (Å²) >= 11 is 3.31. The smallest absolute Gasteiger partial charge is 0.255 e. The summed E-state index contributed by atoms with van der Waals surface area (Å²) in [5.41, 5.74) is 2.02. The zero-order chi connectivity index (χ0) is 14.5. The van der Waals surface area contributed by atoms with E-state index >= 15 is 0 Å². The second-order valence-electron chi connectivity index (χ2n) is 4.13. The Kier molecular flexibility index (Phi) is 4.62. The minimum absolute atomic E-state index is 0.217. The van der Waals surface area contributed by atoms with Gasteiger partial charge in [-0.3, -0.25) is 14.8 Å². The number of amides is 1. The number of anilines is 1. The predicted octanol–water partition coefficient (Wildman–Crippen LogP) is 1.91. The van der Waals surface area contributed by atoms with Crippen molar-refractivity contribution in [3.8, 4) is 0 Å². The van der Waals surface area contributed by atoms with E-state index in [0.717, 1.165) is 10.2 Å². The molecule has 0 spiro atoms. The summed E-state index contributed by atoms with van der Waals surface area (Å²) in [6, 6.07) is 1.72. The van der Waals surface area contributed by atoms with E-state index in [0.29, 0.717) is 23.6 Å². The van der Waals surface area contributed by atoms with Gasteiger partial charge in [0.15, 0.2) is 0 Å². The Balaban J connectivity index is 2.08. The van der Waals surface area contributed by atoms with E-state index < -0.39 is 0 Å². The van der Waals surface area contributed by atoms with Crippen LogP contribution in [-0.4, -0.2) is 27.9 Å². The molecule has 104 valence electrons. The normalized spacial score (nSPS) is 10.2. The first-order valence-electron chi connectivity index (χ1n) is 5.99. The lowest BCUT2D eigenvalue weighted by Gasteiger charge is -2.09. The zero-order valence-corrected chi connectivity index (χ0v) is 12.7. The van der Waals surface area contributed by atoms with Crippen molar-refractivity contribution < 1.29 is 4.79 Å². The van der Waals surface area contributed by atoms with Crippen LogP contribution >= 0.6 is 15.9 Å². The standard InChI is InChI=1S/C13H14BrN5O/c1-8-4-17-10(6-16-8)7-19-13(20)11-3-9(14)5-18-12(11)15-2/h3-6H,7H2,1-2H3,(H,15,18)(H,19,20). The van der Waals surface area contributed by atoms with Crippen molar-refractivity contribution in [2.24, 2.45) is 0 Å². The van der Waals surface area contributed by atoms with Crippen molar-refractivity contribution in [2.75, 3.05) is 12.4 Å². The Bertz CT molecular complexity index is 615. The van der Waals surface area contributed by atoms with E-state index in [9.17, 15) is 4.79 Å². The van der Waals surface area contributed by atoms with Crippen LogP contribution in [0.1, 0.15) is 21.7 Å². The first-order chi connectivity index (χ1) is 9.60. The van der Waals surface area contributed by atoms with Crippen molar-refractivity contribution in [2.45, 2.75) is 13.5 Å². The van der Waals surface area contributed by atoms with Crippen molar-refractivity contribution >= 4 is 27.7 Å². The van der Waals surface area contributed by atoms with Gasteiger partial charge in [-0.1, -0.05) is 0 Å². The van der Waals surface area contributed by atoms with Crippen molar-refractivity contribution in [3.05, 3.63) is 46.1 Å². The summed E-state index contributed by atoms with van der Waals surface area (Å²) in [5.74, 6) is 0.311. The molecule has 0 fully saturated rings. The van der Waals surface area contributed by atoms with Crippen LogP contribution in [0, 0.1) is 6.92 Å². The third-order valence-electron chi connectivity index (χ3n) is 2.60. The average molecular weight is 336 g/mol. The lowest BCUT2D eigenvalue weighted by atomic mass is 10.2. The number of rotatable bonds is 4. The molecule has 2 aromatic rings. The summed E-state index contributed by atoms with van der Waals surface area (Å²) in [4.78, 5) is 24.6. The number of pyridine rings is 1. The highest BCUT2D eigenvalue weighted by Crippen LogP contribution is 2.17. The first kappa shape index (κ1) is 14.4. The second kappa shape index (κ2) is 6.42. The summed E-state index contributed by atoms with van der Waals surface area (Å²) in [6.45, 7) is 2.18. The molecule has 0 bridgehead atoms. The minimum Gasteiger partial charge on any atom is -0.372 e. The van der Waals surface area contributed by atoms with Crippen molar-refractivity contribution in [1.29, 1.82) is 0 Å². The molecule has 0 radical (unpaired) electrons. The van der Waals surface area contributed by atoms with Crippen LogP contribution in [0.5, 0.6) is 0 Å². The van der Waals surface area contributed by atoms with E-state index in [4.69, 9.17) is 0 Å². The van der Waals surface area contributed by atoms with Crippen LogP contribution in [0.2, 0.25) is 0 Å². The van der Waals surface area contributed by atoms with Crippen LogP contribution in [-0.2, 0) is 6.54 Å². The Labute approximate surface area is 125 Å². The van der Waals surface area contributed by atoms with E-state index in [2.05, 4.69) is 41.5 Å². The zero-order valence-electron chi connectivity index (χ0n) is 11.1. The molecule has 2 N–H and O–H groups in total. The lowest BCUT2D eigenvalue weighted by Crippen LogP contribution is -2.24. The quantitative estimate of drug-likeness (QED) is 0.892. The van der Waals surface area contributed by atoms with Gasteiger partial charge in [0, 0.05) is 23.9 Å². The fraction of sp³-hybridized carbons (Fsp3) is 0.231. The monoisotopic (exact) mass is 335 g/mol. The molecule has 0 unspecified atom stereocenters. The summed E-state index contributed by atoms with van der Waals surface area (Å²) < 4.78 is 0.747. The third-order valence-corrected chi connectivity index (χ3v) is 3.03. The molecular weight excluding hydrogens is 322 g/mol. The van der Waals surface area contributed by atoms with Crippen LogP contribution in [0.25, 0.3) is 0 Å². The van der Waals surface area contributed by atoms with Gasteiger partial charge in [-0.2, -0.15) is 0 Å². The summed E-state index contributed by atoms with van der Waals surface area (Å²) in [6.07, 6.45) is 4.95. The molecule has 6 nitrogen and oxygen atoms in total. The number of carbonyl (C=O) groups is 1. The molecule has 2 aromatic heterocycles.